The second-order valence-corrected chi connectivity index (χ2v) is 4.84. The topological polar surface area (TPSA) is 35.2 Å². The Bertz CT molecular complexity index is 356. The van der Waals surface area contributed by atoms with Crippen LogP contribution in [0.5, 0.6) is 0 Å². The number of rotatable bonds is 2. The van der Waals surface area contributed by atoms with Gasteiger partial charge in [0, 0.05) is 19.3 Å². The first kappa shape index (κ1) is 11.6. The first-order chi connectivity index (χ1) is 7.68. The van der Waals surface area contributed by atoms with Crippen molar-refractivity contribution >= 4 is 0 Å². The van der Waals surface area contributed by atoms with Crippen LogP contribution in [-0.2, 0) is 4.74 Å². The van der Waals surface area contributed by atoms with Gasteiger partial charge in [-0.2, -0.15) is 0 Å². The van der Waals surface area contributed by atoms with E-state index in [2.05, 4.69) is 32.0 Å². The van der Waals surface area contributed by atoms with E-state index in [1.54, 1.807) is 0 Å². The van der Waals surface area contributed by atoms with Gasteiger partial charge < -0.3 is 10.5 Å². The fourth-order valence-electron chi connectivity index (χ4n) is 2.45. The van der Waals surface area contributed by atoms with Crippen LogP contribution in [0.4, 0.5) is 0 Å². The summed E-state index contributed by atoms with van der Waals surface area (Å²) in [6, 6.07) is 6.72. The van der Waals surface area contributed by atoms with E-state index in [1.165, 1.54) is 16.7 Å². The molecular weight excluding hydrogens is 198 g/mol. The summed E-state index contributed by atoms with van der Waals surface area (Å²) in [5.74, 6) is 0.578. The number of aryl methyl sites for hydroxylation is 2. The zero-order chi connectivity index (χ0) is 11.5. The smallest absolute Gasteiger partial charge is 0.0469 e. The molecule has 2 N–H and O–H groups in total. The van der Waals surface area contributed by atoms with Crippen molar-refractivity contribution in [1.82, 2.24) is 0 Å². The van der Waals surface area contributed by atoms with Crippen molar-refractivity contribution in [1.29, 1.82) is 0 Å². The van der Waals surface area contributed by atoms with Gasteiger partial charge in [-0.1, -0.05) is 23.8 Å². The van der Waals surface area contributed by atoms with Crippen LogP contribution in [0.15, 0.2) is 18.2 Å². The third-order valence-electron chi connectivity index (χ3n) is 3.57. The molecule has 0 unspecified atom stereocenters. The molecule has 16 heavy (non-hydrogen) atoms. The maximum absolute atomic E-state index is 6.38. The van der Waals surface area contributed by atoms with Crippen LogP contribution in [0.25, 0.3) is 0 Å². The lowest BCUT2D eigenvalue weighted by molar-refractivity contribution is 0.0583. The molecule has 1 heterocycles. The van der Waals surface area contributed by atoms with Crippen LogP contribution in [0.1, 0.15) is 35.6 Å². The van der Waals surface area contributed by atoms with Gasteiger partial charge in [0.15, 0.2) is 0 Å². The van der Waals surface area contributed by atoms with Crippen LogP contribution in [-0.4, -0.2) is 13.2 Å². The molecule has 1 aliphatic rings. The highest BCUT2D eigenvalue weighted by Crippen LogP contribution is 2.30. The van der Waals surface area contributed by atoms with Gasteiger partial charge in [-0.15, -0.1) is 0 Å². The van der Waals surface area contributed by atoms with Gasteiger partial charge in [0.2, 0.25) is 0 Å². The summed E-state index contributed by atoms with van der Waals surface area (Å²) in [7, 11) is 0. The molecule has 2 heteroatoms. The Labute approximate surface area is 97.8 Å². The van der Waals surface area contributed by atoms with E-state index in [4.69, 9.17) is 10.5 Å². The van der Waals surface area contributed by atoms with Gasteiger partial charge in [-0.3, -0.25) is 0 Å². The molecule has 88 valence electrons. The summed E-state index contributed by atoms with van der Waals surface area (Å²) in [5.41, 5.74) is 10.3. The highest BCUT2D eigenvalue weighted by atomic mass is 16.5. The minimum absolute atomic E-state index is 0.170. The molecule has 0 amide bonds. The Morgan fingerprint density at radius 1 is 1.25 bits per heavy atom. The highest BCUT2D eigenvalue weighted by Gasteiger charge is 2.23. The van der Waals surface area contributed by atoms with E-state index in [1.807, 2.05) is 0 Å². The number of nitrogens with two attached hydrogens (primary N) is 1. The van der Waals surface area contributed by atoms with Crippen LogP contribution in [0.3, 0.4) is 0 Å². The predicted molar refractivity (Wildman–Crippen MR) is 66.4 cm³/mol. The Balaban J connectivity index is 2.18. The van der Waals surface area contributed by atoms with Crippen molar-refractivity contribution in [2.75, 3.05) is 13.2 Å². The largest absolute Gasteiger partial charge is 0.381 e. The van der Waals surface area contributed by atoms with Crippen LogP contribution in [0, 0.1) is 19.8 Å². The zero-order valence-corrected chi connectivity index (χ0v) is 10.2. The molecule has 0 radical (unpaired) electrons. The van der Waals surface area contributed by atoms with E-state index < -0.39 is 0 Å². The molecule has 1 atom stereocenters. The fraction of sp³-hybridized carbons (Fsp3) is 0.571. The SMILES string of the molecule is Cc1ccc(C)c([C@H](N)C2CCOCC2)c1. The number of benzene rings is 1. The summed E-state index contributed by atoms with van der Waals surface area (Å²) in [4.78, 5) is 0. The second kappa shape index (κ2) is 4.98. The normalized spacial score (nSPS) is 19.7. The van der Waals surface area contributed by atoms with Gasteiger partial charge in [0.25, 0.3) is 0 Å². The van der Waals surface area contributed by atoms with Gasteiger partial charge in [0.05, 0.1) is 0 Å². The predicted octanol–water partition coefficient (Wildman–Crippen LogP) is 2.73. The molecule has 1 aromatic carbocycles. The summed E-state index contributed by atoms with van der Waals surface area (Å²) >= 11 is 0. The molecular formula is C14H21NO. The van der Waals surface area contributed by atoms with Gasteiger partial charge in [-0.25, -0.2) is 0 Å². The summed E-state index contributed by atoms with van der Waals surface area (Å²) < 4.78 is 5.38. The fourth-order valence-corrected chi connectivity index (χ4v) is 2.45. The third-order valence-corrected chi connectivity index (χ3v) is 3.57. The average Bonchev–Trinajstić information content (AvgIpc) is 2.32. The first-order valence-electron chi connectivity index (χ1n) is 6.09. The lowest BCUT2D eigenvalue weighted by atomic mass is 9.85. The van der Waals surface area contributed by atoms with Crippen LogP contribution in [0.2, 0.25) is 0 Å². The molecule has 1 aliphatic heterocycles. The molecule has 2 nitrogen and oxygen atoms in total. The lowest BCUT2D eigenvalue weighted by Crippen LogP contribution is -2.28. The molecule has 0 saturated carbocycles. The highest BCUT2D eigenvalue weighted by molar-refractivity contribution is 5.33. The molecule has 1 aromatic rings. The summed E-state index contributed by atoms with van der Waals surface area (Å²) in [6.07, 6.45) is 2.18. The molecule has 2 rings (SSSR count). The Morgan fingerprint density at radius 3 is 2.62 bits per heavy atom. The standard InChI is InChI=1S/C14H21NO/c1-10-3-4-11(2)13(9-10)14(15)12-5-7-16-8-6-12/h3-4,9,12,14H,5-8,15H2,1-2H3/t14-/m1/s1. The van der Waals surface area contributed by atoms with E-state index >= 15 is 0 Å². The first-order valence-corrected chi connectivity index (χ1v) is 6.09. The minimum Gasteiger partial charge on any atom is -0.381 e. The van der Waals surface area contributed by atoms with Crippen LogP contribution >= 0.6 is 0 Å². The molecule has 0 bridgehead atoms. The average molecular weight is 219 g/mol. The molecule has 1 saturated heterocycles. The maximum atomic E-state index is 6.38. The number of ether oxygens (including phenoxy) is 1. The van der Waals surface area contributed by atoms with E-state index in [0.29, 0.717) is 5.92 Å². The Hall–Kier alpha value is -0.860. The van der Waals surface area contributed by atoms with E-state index in [0.717, 1.165) is 26.1 Å². The lowest BCUT2D eigenvalue weighted by Gasteiger charge is -2.29. The maximum Gasteiger partial charge on any atom is 0.0469 e. The van der Waals surface area contributed by atoms with Crippen LogP contribution < -0.4 is 5.73 Å². The molecule has 0 spiro atoms. The quantitative estimate of drug-likeness (QED) is 0.830. The van der Waals surface area contributed by atoms with Crippen molar-refractivity contribution in [2.45, 2.75) is 32.7 Å². The van der Waals surface area contributed by atoms with E-state index in [-0.39, 0.29) is 6.04 Å². The third kappa shape index (κ3) is 2.45. The minimum atomic E-state index is 0.170. The summed E-state index contributed by atoms with van der Waals surface area (Å²) in [5, 5.41) is 0. The zero-order valence-electron chi connectivity index (χ0n) is 10.2. The van der Waals surface area contributed by atoms with Gasteiger partial charge in [0.1, 0.15) is 0 Å². The van der Waals surface area contributed by atoms with Crippen molar-refractivity contribution in [3.63, 3.8) is 0 Å². The second-order valence-electron chi connectivity index (χ2n) is 4.84. The molecule has 0 aliphatic carbocycles. The summed E-state index contributed by atoms with van der Waals surface area (Å²) in [6.45, 7) is 6.00. The van der Waals surface area contributed by atoms with Crippen molar-refractivity contribution in [3.8, 4) is 0 Å². The van der Waals surface area contributed by atoms with Gasteiger partial charge in [-0.05, 0) is 43.7 Å². The number of hydrogen-bond acceptors (Lipinski definition) is 2. The van der Waals surface area contributed by atoms with E-state index in [9.17, 15) is 0 Å². The Kier molecular flexibility index (Phi) is 3.62. The number of hydrogen-bond donors (Lipinski definition) is 1. The molecule has 0 aromatic heterocycles. The Morgan fingerprint density at radius 2 is 1.94 bits per heavy atom. The van der Waals surface area contributed by atoms with Crippen molar-refractivity contribution in [3.05, 3.63) is 34.9 Å². The van der Waals surface area contributed by atoms with Crippen molar-refractivity contribution in [2.24, 2.45) is 11.7 Å². The molecule has 1 fully saturated rings. The van der Waals surface area contributed by atoms with Gasteiger partial charge >= 0.3 is 0 Å². The monoisotopic (exact) mass is 219 g/mol. The van der Waals surface area contributed by atoms with Crippen molar-refractivity contribution < 1.29 is 4.74 Å².